The zero-order chi connectivity index (χ0) is 18.5. The quantitative estimate of drug-likeness (QED) is 0.313. The van der Waals surface area contributed by atoms with E-state index in [1.165, 1.54) is 18.0 Å². The predicted octanol–water partition coefficient (Wildman–Crippen LogP) is 3.19. The molecule has 0 fully saturated rings. The lowest BCUT2D eigenvalue weighted by Gasteiger charge is -2.04. The normalized spacial score (nSPS) is 11.2. The van der Waals surface area contributed by atoms with Gasteiger partial charge < -0.3 is 5.11 Å². The molecule has 26 heavy (non-hydrogen) atoms. The second-order valence-electron chi connectivity index (χ2n) is 5.74. The van der Waals surface area contributed by atoms with Crippen LogP contribution in [0, 0.1) is 13.8 Å². The topological polar surface area (TPSA) is 87.5 Å². The molecule has 0 aliphatic carbocycles. The van der Waals surface area contributed by atoms with E-state index in [-0.39, 0.29) is 17.4 Å². The summed E-state index contributed by atoms with van der Waals surface area (Å²) in [7, 11) is 0. The fourth-order valence-electron chi connectivity index (χ4n) is 2.47. The molecule has 0 bridgehead atoms. The molecule has 1 heterocycles. The minimum Gasteiger partial charge on any atom is -0.507 e. The summed E-state index contributed by atoms with van der Waals surface area (Å²) >= 11 is 1.25. The van der Waals surface area contributed by atoms with E-state index in [0.29, 0.717) is 10.7 Å². The van der Waals surface area contributed by atoms with Crippen molar-refractivity contribution >= 4 is 34.7 Å². The maximum Gasteiger partial charge on any atom is 0.250 e. The number of benzene rings is 2. The van der Waals surface area contributed by atoms with Crippen molar-refractivity contribution in [2.75, 3.05) is 5.75 Å². The van der Waals surface area contributed by atoms with Crippen molar-refractivity contribution in [1.82, 2.24) is 15.4 Å². The number of nitrogens with zero attached hydrogens (tertiary/aromatic N) is 3. The third-order valence-corrected chi connectivity index (χ3v) is 4.47. The summed E-state index contributed by atoms with van der Waals surface area (Å²) < 4.78 is 0. The summed E-state index contributed by atoms with van der Waals surface area (Å²) in [5.74, 6) is 0.0256. The number of rotatable bonds is 5. The molecule has 2 aromatic carbocycles. The van der Waals surface area contributed by atoms with Crippen LogP contribution in [0.1, 0.15) is 17.0 Å². The molecule has 2 N–H and O–H groups in total. The molecule has 3 aromatic rings. The van der Waals surface area contributed by atoms with Gasteiger partial charge in [0.05, 0.1) is 12.0 Å². The van der Waals surface area contributed by atoms with Gasteiger partial charge in [0.25, 0.3) is 5.91 Å². The maximum atomic E-state index is 11.9. The van der Waals surface area contributed by atoms with Gasteiger partial charge in [0, 0.05) is 22.3 Å². The third-order valence-electron chi connectivity index (χ3n) is 3.62. The molecule has 0 atom stereocenters. The zero-order valence-corrected chi connectivity index (χ0v) is 15.2. The number of carbonyl (C=O) groups is 1. The average Bonchev–Trinajstić information content (AvgIpc) is 2.61. The van der Waals surface area contributed by atoms with Crippen LogP contribution in [0.25, 0.3) is 10.8 Å². The molecule has 1 amide bonds. The SMILES string of the molecule is Cc1cc(C)nc(SCC(=O)NN=Cc2ccc3ccccc3c2O)n1. The summed E-state index contributed by atoms with van der Waals surface area (Å²) in [4.78, 5) is 20.5. The number of nitrogens with one attached hydrogen (secondary N) is 1. The van der Waals surface area contributed by atoms with Gasteiger partial charge >= 0.3 is 0 Å². The molecule has 0 radical (unpaired) electrons. The molecule has 7 heteroatoms. The van der Waals surface area contributed by atoms with Gasteiger partial charge in [0.2, 0.25) is 0 Å². The number of aromatic hydroxyl groups is 1. The Morgan fingerprint density at radius 1 is 1.19 bits per heavy atom. The first-order valence-corrected chi connectivity index (χ1v) is 8.99. The first kappa shape index (κ1) is 17.9. The number of hydrazone groups is 1. The summed E-state index contributed by atoms with van der Waals surface area (Å²) in [6.45, 7) is 3.78. The van der Waals surface area contributed by atoms with Gasteiger partial charge in [-0.3, -0.25) is 4.79 Å². The Hall–Kier alpha value is -2.93. The van der Waals surface area contributed by atoms with Gasteiger partial charge in [0.15, 0.2) is 5.16 Å². The molecular formula is C19H18N4O2S. The molecule has 132 valence electrons. The highest BCUT2D eigenvalue weighted by molar-refractivity contribution is 7.99. The number of phenolic OH excluding ortho intramolecular Hbond substituents is 1. The molecule has 0 unspecified atom stereocenters. The number of aryl methyl sites for hydroxylation is 2. The standard InChI is InChI=1S/C19H18N4O2S/c1-12-9-13(2)22-19(21-12)26-11-17(24)23-20-10-15-8-7-14-5-3-4-6-16(14)18(15)25/h3-10,25H,11H2,1-2H3,(H,23,24). The molecular weight excluding hydrogens is 348 g/mol. The van der Waals surface area contributed by atoms with E-state index in [2.05, 4.69) is 20.5 Å². The third kappa shape index (κ3) is 4.37. The molecule has 3 rings (SSSR count). The maximum absolute atomic E-state index is 11.9. The Kier molecular flexibility index (Phi) is 5.48. The van der Waals surface area contributed by atoms with Crippen molar-refractivity contribution in [1.29, 1.82) is 0 Å². The molecule has 1 aromatic heterocycles. The fraction of sp³-hybridized carbons (Fsp3) is 0.158. The van der Waals surface area contributed by atoms with Crippen molar-refractivity contribution in [3.05, 3.63) is 59.4 Å². The minimum atomic E-state index is -0.269. The van der Waals surface area contributed by atoms with Gasteiger partial charge in [-0.2, -0.15) is 5.10 Å². The van der Waals surface area contributed by atoms with E-state index >= 15 is 0 Å². The molecule has 0 saturated carbocycles. The highest BCUT2D eigenvalue weighted by Crippen LogP contribution is 2.27. The number of hydrogen-bond donors (Lipinski definition) is 2. The second kappa shape index (κ2) is 7.97. The Morgan fingerprint density at radius 2 is 1.92 bits per heavy atom. The predicted molar refractivity (Wildman–Crippen MR) is 104 cm³/mol. The molecule has 0 saturated heterocycles. The van der Waals surface area contributed by atoms with Crippen LogP contribution in [-0.2, 0) is 4.79 Å². The fourth-order valence-corrected chi connectivity index (χ4v) is 3.21. The van der Waals surface area contributed by atoms with Crippen LogP contribution < -0.4 is 5.43 Å². The van der Waals surface area contributed by atoms with Crippen molar-refractivity contribution in [2.24, 2.45) is 5.10 Å². The Balaban J connectivity index is 1.60. The Labute approximate surface area is 155 Å². The van der Waals surface area contributed by atoms with Crippen LogP contribution in [0.4, 0.5) is 0 Å². The van der Waals surface area contributed by atoms with Crippen molar-refractivity contribution in [3.63, 3.8) is 0 Å². The first-order chi connectivity index (χ1) is 12.5. The number of amides is 1. The zero-order valence-electron chi connectivity index (χ0n) is 14.4. The van der Waals surface area contributed by atoms with Crippen LogP contribution in [-0.4, -0.2) is 32.9 Å². The largest absolute Gasteiger partial charge is 0.507 e. The van der Waals surface area contributed by atoms with Gasteiger partial charge in [-0.15, -0.1) is 0 Å². The molecule has 0 spiro atoms. The lowest BCUT2D eigenvalue weighted by atomic mass is 10.1. The van der Waals surface area contributed by atoms with Crippen LogP contribution in [0.15, 0.2) is 52.7 Å². The smallest absolute Gasteiger partial charge is 0.250 e. The number of thioether (sulfide) groups is 1. The highest BCUT2D eigenvalue weighted by atomic mass is 32.2. The van der Waals surface area contributed by atoms with Crippen LogP contribution in [0.3, 0.4) is 0 Å². The molecule has 0 aliphatic rings. The first-order valence-electron chi connectivity index (χ1n) is 8.00. The number of aromatic nitrogens is 2. The van der Waals surface area contributed by atoms with E-state index in [0.717, 1.165) is 22.2 Å². The van der Waals surface area contributed by atoms with Gasteiger partial charge in [0.1, 0.15) is 5.75 Å². The lowest BCUT2D eigenvalue weighted by molar-refractivity contribution is -0.118. The van der Waals surface area contributed by atoms with Crippen LogP contribution in [0.5, 0.6) is 5.75 Å². The Bertz CT molecular complexity index is 968. The van der Waals surface area contributed by atoms with E-state index in [4.69, 9.17) is 0 Å². The van der Waals surface area contributed by atoms with Gasteiger partial charge in [-0.25, -0.2) is 15.4 Å². The lowest BCUT2D eigenvalue weighted by Crippen LogP contribution is -2.19. The number of fused-ring (bicyclic) bond motifs is 1. The summed E-state index contributed by atoms with van der Waals surface area (Å²) in [6, 6.07) is 13.1. The monoisotopic (exact) mass is 366 g/mol. The molecule has 0 aliphatic heterocycles. The van der Waals surface area contributed by atoms with E-state index < -0.39 is 0 Å². The Morgan fingerprint density at radius 3 is 2.69 bits per heavy atom. The highest BCUT2D eigenvalue weighted by Gasteiger charge is 2.06. The summed E-state index contributed by atoms with van der Waals surface area (Å²) in [6.07, 6.45) is 1.43. The van der Waals surface area contributed by atoms with Gasteiger partial charge in [-0.1, -0.05) is 42.1 Å². The van der Waals surface area contributed by atoms with Crippen LogP contribution >= 0.6 is 11.8 Å². The number of phenols is 1. The minimum absolute atomic E-state index is 0.138. The number of carbonyl (C=O) groups excluding carboxylic acids is 1. The van der Waals surface area contributed by atoms with Crippen LogP contribution in [0.2, 0.25) is 0 Å². The van der Waals surface area contributed by atoms with Gasteiger partial charge in [-0.05, 0) is 31.4 Å². The average molecular weight is 366 g/mol. The van der Waals surface area contributed by atoms with E-state index in [1.54, 1.807) is 6.07 Å². The van der Waals surface area contributed by atoms with E-state index in [1.807, 2.05) is 50.2 Å². The number of hydrogen-bond acceptors (Lipinski definition) is 6. The van der Waals surface area contributed by atoms with Crippen molar-refractivity contribution < 1.29 is 9.90 Å². The van der Waals surface area contributed by atoms with Crippen molar-refractivity contribution in [2.45, 2.75) is 19.0 Å². The summed E-state index contributed by atoms with van der Waals surface area (Å²) in [5, 5.41) is 16.5. The summed E-state index contributed by atoms with van der Waals surface area (Å²) in [5.41, 5.74) is 4.72. The second-order valence-corrected chi connectivity index (χ2v) is 6.68. The van der Waals surface area contributed by atoms with E-state index in [9.17, 15) is 9.90 Å². The van der Waals surface area contributed by atoms with Crippen molar-refractivity contribution in [3.8, 4) is 5.75 Å². The molecule has 6 nitrogen and oxygen atoms in total.